The Hall–Kier alpha value is -1.16. The number of Topliss-reactive ketones (excluding diaryl/α,β-unsaturated/α-hetero) is 1. The van der Waals surface area contributed by atoms with Crippen molar-refractivity contribution in [3.8, 4) is 0 Å². The highest BCUT2D eigenvalue weighted by atomic mass is 79.9. The van der Waals surface area contributed by atoms with Crippen molar-refractivity contribution in [2.45, 2.75) is 26.7 Å². The third kappa shape index (κ3) is 2.89. The summed E-state index contributed by atoms with van der Waals surface area (Å²) in [6.07, 6.45) is 1.55. The summed E-state index contributed by atoms with van der Waals surface area (Å²) >= 11 is 3.47. The zero-order valence-corrected chi connectivity index (χ0v) is 12.8. The Bertz CT molecular complexity index is 499. The minimum atomic E-state index is -0.471. The number of halogens is 1. The number of piperidine rings is 1. The van der Waals surface area contributed by atoms with E-state index in [4.69, 9.17) is 0 Å². The summed E-state index contributed by atoms with van der Waals surface area (Å²) < 4.78 is 0.890. The molecule has 1 aromatic carbocycles. The van der Waals surface area contributed by atoms with Crippen LogP contribution in [0.5, 0.6) is 0 Å². The molecule has 1 aliphatic rings. The molecule has 0 unspecified atom stereocenters. The molecule has 1 aromatic rings. The van der Waals surface area contributed by atoms with Gasteiger partial charge < -0.3 is 4.90 Å². The van der Waals surface area contributed by atoms with Gasteiger partial charge >= 0.3 is 0 Å². The predicted molar refractivity (Wildman–Crippen MR) is 79.1 cm³/mol. The maximum atomic E-state index is 12.5. The quantitative estimate of drug-likeness (QED) is 0.799. The number of hydrogen-bond acceptors (Lipinski definition) is 2. The first kappa shape index (κ1) is 14.3. The molecule has 0 spiro atoms. The summed E-state index contributed by atoms with van der Waals surface area (Å²) in [5.41, 5.74) is 0.855. The number of rotatable bonds is 3. The number of carbonyl (C=O) groups excluding carboxylic acids is 2. The minimum Gasteiger partial charge on any atom is -0.311 e. The summed E-state index contributed by atoms with van der Waals surface area (Å²) in [6.45, 7) is 4.39. The van der Waals surface area contributed by atoms with Crippen molar-refractivity contribution >= 4 is 33.3 Å². The highest BCUT2D eigenvalue weighted by Crippen LogP contribution is 2.31. The fraction of sp³-hybridized carbons (Fsp3) is 0.467. The van der Waals surface area contributed by atoms with Gasteiger partial charge in [0.25, 0.3) is 0 Å². The van der Waals surface area contributed by atoms with Gasteiger partial charge in [0, 0.05) is 16.9 Å². The third-order valence-corrected chi connectivity index (χ3v) is 4.16. The summed E-state index contributed by atoms with van der Waals surface area (Å²) in [5, 5.41) is 0. The van der Waals surface area contributed by atoms with Crippen molar-refractivity contribution in [3.63, 3.8) is 0 Å². The maximum absolute atomic E-state index is 12.5. The zero-order valence-electron chi connectivity index (χ0n) is 11.2. The lowest BCUT2D eigenvalue weighted by Gasteiger charge is -2.32. The monoisotopic (exact) mass is 323 g/mol. The number of carbonyl (C=O) groups is 2. The molecule has 1 fully saturated rings. The second-order valence-corrected chi connectivity index (χ2v) is 6.05. The molecule has 1 heterocycles. The van der Waals surface area contributed by atoms with Gasteiger partial charge in [-0.1, -0.05) is 26.0 Å². The Morgan fingerprint density at radius 1 is 1.37 bits per heavy atom. The number of amides is 1. The van der Waals surface area contributed by atoms with Gasteiger partial charge in [0.1, 0.15) is 5.78 Å². The van der Waals surface area contributed by atoms with E-state index in [9.17, 15) is 9.59 Å². The van der Waals surface area contributed by atoms with Crippen molar-refractivity contribution in [3.05, 3.63) is 28.7 Å². The van der Waals surface area contributed by atoms with Gasteiger partial charge in [-0.25, -0.2) is 0 Å². The number of benzene rings is 1. The van der Waals surface area contributed by atoms with Crippen LogP contribution in [0.25, 0.3) is 0 Å². The number of hydrogen-bond donors (Lipinski definition) is 0. The molecule has 1 amide bonds. The Morgan fingerprint density at radius 3 is 2.68 bits per heavy atom. The Balaban J connectivity index is 2.26. The van der Waals surface area contributed by atoms with Crippen molar-refractivity contribution in [2.24, 2.45) is 11.8 Å². The van der Waals surface area contributed by atoms with Gasteiger partial charge in [-0.2, -0.15) is 0 Å². The molecule has 2 rings (SSSR count). The van der Waals surface area contributed by atoms with Crippen LogP contribution in [-0.4, -0.2) is 18.2 Å². The number of ketones is 1. The number of para-hydroxylation sites is 1. The van der Waals surface area contributed by atoms with Crippen LogP contribution in [0.15, 0.2) is 28.7 Å². The highest BCUT2D eigenvalue weighted by molar-refractivity contribution is 9.10. The Labute approximate surface area is 122 Å². The van der Waals surface area contributed by atoms with E-state index in [0.29, 0.717) is 13.0 Å². The standard InChI is InChI=1S/C15H18BrNO2/c1-10(2)14(18)11-6-5-9-17(15(11)19)13-8-4-3-7-12(13)16/h3-4,7-8,10-11H,5-6,9H2,1-2H3/t11-/m1/s1. The van der Waals surface area contributed by atoms with Gasteiger partial charge in [0.2, 0.25) is 5.91 Å². The maximum Gasteiger partial charge on any atom is 0.237 e. The highest BCUT2D eigenvalue weighted by Gasteiger charge is 2.35. The third-order valence-electron chi connectivity index (χ3n) is 3.49. The van der Waals surface area contributed by atoms with E-state index in [0.717, 1.165) is 16.6 Å². The molecule has 3 nitrogen and oxygen atoms in total. The molecule has 0 aliphatic carbocycles. The van der Waals surface area contributed by atoms with Crippen LogP contribution in [0.2, 0.25) is 0 Å². The molecule has 0 aromatic heterocycles. The zero-order chi connectivity index (χ0) is 14.0. The molecule has 4 heteroatoms. The first-order chi connectivity index (χ1) is 9.02. The van der Waals surface area contributed by atoms with Crippen LogP contribution in [0.1, 0.15) is 26.7 Å². The SMILES string of the molecule is CC(C)C(=O)[C@H]1CCCN(c2ccccc2Br)C1=O. The molecule has 0 N–H and O–H groups in total. The molecule has 19 heavy (non-hydrogen) atoms. The van der Waals surface area contributed by atoms with Gasteiger partial charge in [0.05, 0.1) is 11.6 Å². The lowest BCUT2D eigenvalue weighted by atomic mass is 9.87. The number of anilines is 1. The molecule has 0 saturated carbocycles. The van der Waals surface area contributed by atoms with E-state index < -0.39 is 5.92 Å². The first-order valence-electron chi connectivity index (χ1n) is 6.62. The van der Waals surface area contributed by atoms with Crippen molar-refractivity contribution in [1.82, 2.24) is 0 Å². The summed E-state index contributed by atoms with van der Waals surface area (Å²) in [6, 6.07) is 7.64. The fourth-order valence-corrected chi connectivity index (χ4v) is 2.95. The van der Waals surface area contributed by atoms with Gasteiger partial charge in [-0.3, -0.25) is 9.59 Å². The lowest BCUT2D eigenvalue weighted by Crippen LogP contribution is -2.45. The van der Waals surface area contributed by atoms with Crippen LogP contribution in [-0.2, 0) is 9.59 Å². The normalized spacial score (nSPS) is 19.9. The second-order valence-electron chi connectivity index (χ2n) is 5.19. The van der Waals surface area contributed by atoms with E-state index in [1.807, 2.05) is 38.1 Å². The molecule has 1 saturated heterocycles. The first-order valence-corrected chi connectivity index (χ1v) is 7.41. The van der Waals surface area contributed by atoms with Gasteiger partial charge in [0.15, 0.2) is 0 Å². The molecular weight excluding hydrogens is 306 g/mol. The molecule has 1 aliphatic heterocycles. The molecular formula is C15H18BrNO2. The van der Waals surface area contributed by atoms with E-state index >= 15 is 0 Å². The minimum absolute atomic E-state index is 0.0572. The van der Waals surface area contributed by atoms with Crippen molar-refractivity contribution in [1.29, 1.82) is 0 Å². The smallest absolute Gasteiger partial charge is 0.237 e. The predicted octanol–water partition coefficient (Wildman–Crippen LogP) is 3.42. The van der Waals surface area contributed by atoms with Crippen molar-refractivity contribution in [2.75, 3.05) is 11.4 Å². The molecule has 0 radical (unpaired) electrons. The molecule has 1 atom stereocenters. The molecule has 102 valence electrons. The van der Waals surface area contributed by atoms with E-state index in [1.165, 1.54) is 0 Å². The fourth-order valence-electron chi connectivity index (χ4n) is 2.45. The van der Waals surface area contributed by atoms with E-state index in [-0.39, 0.29) is 17.6 Å². The van der Waals surface area contributed by atoms with Crippen LogP contribution in [0, 0.1) is 11.8 Å². The van der Waals surface area contributed by atoms with Crippen LogP contribution in [0.4, 0.5) is 5.69 Å². The summed E-state index contributed by atoms with van der Waals surface area (Å²) in [4.78, 5) is 26.4. The number of nitrogens with zero attached hydrogens (tertiary/aromatic N) is 1. The van der Waals surface area contributed by atoms with Crippen LogP contribution >= 0.6 is 15.9 Å². The summed E-state index contributed by atoms with van der Waals surface area (Å²) in [7, 11) is 0. The van der Waals surface area contributed by atoms with E-state index in [2.05, 4.69) is 15.9 Å². The largest absolute Gasteiger partial charge is 0.311 e. The van der Waals surface area contributed by atoms with Gasteiger partial charge in [-0.15, -0.1) is 0 Å². The second kappa shape index (κ2) is 5.87. The van der Waals surface area contributed by atoms with E-state index in [1.54, 1.807) is 4.90 Å². The van der Waals surface area contributed by atoms with Crippen molar-refractivity contribution < 1.29 is 9.59 Å². The average molecular weight is 324 g/mol. The van der Waals surface area contributed by atoms with Crippen LogP contribution < -0.4 is 4.90 Å². The summed E-state index contributed by atoms with van der Waals surface area (Å²) in [5.74, 6) is -0.562. The van der Waals surface area contributed by atoms with Crippen LogP contribution in [0.3, 0.4) is 0 Å². The average Bonchev–Trinajstić information content (AvgIpc) is 2.39. The van der Waals surface area contributed by atoms with Gasteiger partial charge in [-0.05, 0) is 40.9 Å². The Morgan fingerprint density at radius 2 is 2.05 bits per heavy atom. The lowest BCUT2D eigenvalue weighted by molar-refractivity contribution is -0.135. The topological polar surface area (TPSA) is 37.4 Å². The Kier molecular flexibility index (Phi) is 4.40. The molecule has 0 bridgehead atoms.